The Kier molecular flexibility index (Phi) is 6.67. The summed E-state index contributed by atoms with van der Waals surface area (Å²) in [6.45, 7) is 0. The molecule has 1 atom stereocenters. The first-order chi connectivity index (χ1) is 12.1. The van der Waals surface area contributed by atoms with E-state index in [1.165, 1.54) is 12.1 Å². The molecule has 0 aliphatic rings. The van der Waals surface area contributed by atoms with Gasteiger partial charge in [-0.3, -0.25) is 10.0 Å². The lowest BCUT2D eigenvalue weighted by Gasteiger charge is -2.28. The number of nitrogens with zero attached hydrogens (tertiary/aromatic N) is 1. The van der Waals surface area contributed by atoms with Crippen LogP contribution in [-0.2, 0) is 10.2 Å². The van der Waals surface area contributed by atoms with Gasteiger partial charge in [0, 0.05) is 6.42 Å². The highest BCUT2D eigenvalue weighted by molar-refractivity contribution is 5.74. The Bertz CT molecular complexity index is 726. The fourth-order valence-electron chi connectivity index (χ4n) is 3.01. The molecule has 2 aromatic rings. The van der Waals surface area contributed by atoms with Crippen LogP contribution in [0.1, 0.15) is 43.2 Å². The number of rotatable bonds is 8. The zero-order chi connectivity index (χ0) is 18.1. The van der Waals surface area contributed by atoms with Gasteiger partial charge in [0.25, 0.3) is 0 Å². The van der Waals surface area contributed by atoms with Gasteiger partial charge in [0.15, 0.2) is 0 Å². The zero-order valence-corrected chi connectivity index (χ0v) is 13.9. The zero-order valence-electron chi connectivity index (χ0n) is 13.9. The van der Waals surface area contributed by atoms with Gasteiger partial charge in [-0.1, -0.05) is 55.3 Å². The van der Waals surface area contributed by atoms with Crippen molar-refractivity contribution < 1.29 is 14.4 Å². The van der Waals surface area contributed by atoms with E-state index in [-0.39, 0.29) is 12.2 Å². The maximum absolute atomic E-state index is 13.3. The third kappa shape index (κ3) is 4.65. The van der Waals surface area contributed by atoms with Crippen LogP contribution < -0.4 is 5.48 Å². The Balaban J connectivity index is 2.19. The van der Waals surface area contributed by atoms with Crippen molar-refractivity contribution in [3.63, 3.8) is 0 Å². The lowest BCUT2D eigenvalue weighted by atomic mass is 9.72. The fourth-order valence-corrected chi connectivity index (χ4v) is 3.01. The van der Waals surface area contributed by atoms with Crippen molar-refractivity contribution in [2.75, 3.05) is 0 Å². The lowest BCUT2D eigenvalue weighted by molar-refractivity contribution is -0.129. The summed E-state index contributed by atoms with van der Waals surface area (Å²) >= 11 is 0. The number of hydrogen-bond acceptors (Lipinski definition) is 3. The van der Waals surface area contributed by atoms with Gasteiger partial charge in [0.05, 0.1) is 6.07 Å². The van der Waals surface area contributed by atoms with Crippen LogP contribution >= 0.6 is 0 Å². The molecule has 0 aliphatic heterocycles. The van der Waals surface area contributed by atoms with Crippen LogP contribution in [-0.4, -0.2) is 11.1 Å². The Morgan fingerprint density at radius 2 is 1.68 bits per heavy atom. The normalized spacial score (nSPS) is 12.8. The van der Waals surface area contributed by atoms with Crippen LogP contribution in [0.5, 0.6) is 0 Å². The molecule has 0 saturated heterocycles. The Labute approximate surface area is 146 Å². The second-order valence-corrected chi connectivity index (χ2v) is 5.99. The first-order valence-electron chi connectivity index (χ1n) is 8.28. The number of carbonyl (C=O) groups excluding carboxylic acids is 1. The minimum atomic E-state index is -0.853. The van der Waals surface area contributed by atoms with E-state index < -0.39 is 11.3 Å². The molecule has 2 rings (SSSR count). The number of unbranched alkanes of at least 4 members (excludes halogenated alkanes) is 2. The first-order valence-corrected chi connectivity index (χ1v) is 8.28. The minimum Gasteiger partial charge on any atom is -0.289 e. The number of hydrogen-bond donors (Lipinski definition) is 2. The average Bonchev–Trinajstić information content (AvgIpc) is 2.66. The standard InChI is InChI=1S/C20H21FN2O2/c21-18-12-10-17(11-13-18)20(15-22,16-7-3-1-4-8-16)14-6-2-5-9-19(24)23-25/h1,3-4,7-8,10-13,25H,2,5-6,9,14H2,(H,23,24). The predicted molar refractivity (Wildman–Crippen MR) is 92.2 cm³/mol. The summed E-state index contributed by atoms with van der Waals surface area (Å²) in [6, 6.07) is 18.0. The molecule has 2 aromatic carbocycles. The van der Waals surface area contributed by atoms with Crippen molar-refractivity contribution in [2.24, 2.45) is 0 Å². The highest BCUT2D eigenvalue weighted by atomic mass is 19.1. The van der Waals surface area contributed by atoms with Crippen molar-refractivity contribution in [1.82, 2.24) is 5.48 Å². The summed E-state index contributed by atoms with van der Waals surface area (Å²) in [6.07, 6.45) is 2.94. The Morgan fingerprint density at radius 1 is 1.04 bits per heavy atom. The minimum absolute atomic E-state index is 0.248. The maximum Gasteiger partial charge on any atom is 0.243 e. The van der Waals surface area contributed by atoms with E-state index in [9.17, 15) is 14.4 Å². The van der Waals surface area contributed by atoms with Crippen LogP contribution in [0.3, 0.4) is 0 Å². The van der Waals surface area contributed by atoms with Gasteiger partial charge in [-0.25, -0.2) is 9.87 Å². The number of amides is 1. The molecular formula is C20H21FN2O2. The van der Waals surface area contributed by atoms with Gasteiger partial charge < -0.3 is 0 Å². The molecule has 0 radical (unpaired) electrons. The topological polar surface area (TPSA) is 73.1 Å². The summed E-state index contributed by atoms with van der Waals surface area (Å²) in [5, 5.41) is 18.5. The van der Waals surface area contributed by atoms with E-state index in [1.807, 2.05) is 30.3 Å². The third-order valence-electron chi connectivity index (χ3n) is 4.37. The summed E-state index contributed by atoms with van der Waals surface area (Å²) in [4.78, 5) is 11.1. The van der Waals surface area contributed by atoms with Gasteiger partial charge in [0.1, 0.15) is 11.2 Å². The number of nitrogens with one attached hydrogen (secondary N) is 1. The molecule has 0 spiro atoms. The smallest absolute Gasteiger partial charge is 0.243 e. The highest BCUT2D eigenvalue weighted by Crippen LogP contribution is 2.37. The second-order valence-electron chi connectivity index (χ2n) is 5.99. The van der Waals surface area contributed by atoms with Crippen LogP contribution in [0, 0.1) is 17.1 Å². The van der Waals surface area contributed by atoms with Crippen LogP contribution in [0.2, 0.25) is 0 Å². The number of benzene rings is 2. The van der Waals surface area contributed by atoms with E-state index in [0.29, 0.717) is 12.8 Å². The van der Waals surface area contributed by atoms with Crippen molar-refractivity contribution >= 4 is 5.91 Å². The van der Waals surface area contributed by atoms with Crippen molar-refractivity contribution in [1.29, 1.82) is 5.26 Å². The molecule has 0 heterocycles. The van der Waals surface area contributed by atoms with Gasteiger partial charge >= 0.3 is 0 Å². The molecule has 0 fully saturated rings. The van der Waals surface area contributed by atoms with Crippen molar-refractivity contribution in [2.45, 2.75) is 37.5 Å². The fraction of sp³-hybridized carbons (Fsp3) is 0.300. The lowest BCUT2D eigenvalue weighted by Crippen LogP contribution is -2.26. The molecule has 1 unspecified atom stereocenters. The van der Waals surface area contributed by atoms with E-state index in [1.54, 1.807) is 17.6 Å². The monoisotopic (exact) mass is 340 g/mol. The predicted octanol–water partition coefficient (Wildman–Crippen LogP) is 4.09. The second kappa shape index (κ2) is 8.95. The van der Waals surface area contributed by atoms with E-state index >= 15 is 0 Å². The molecule has 0 bridgehead atoms. The largest absolute Gasteiger partial charge is 0.289 e. The Morgan fingerprint density at radius 3 is 2.28 bits per heavy atom. The van der Waals surface area contributed by atoms with Gasteiger partial charge in [-0.05, 0) is 36.1 Å². The SMILES string of the molecule is N#CC(CCCCCC(=O)NO)(c1ccccc1)c1ccc(F)cc1. The number of nitriles is 1. The molecule has 0 saturated carbocycles. The Hall–Kier alpha value is -2.71. The number of carbonyl (C=O) groups is 1. The molecule has 2 N–H and O–H groups in total. The molecule has 0 aromatic heterocycles. The summed E-state index contributed by atoms with van der Waals surface area (Å²) in [5.41, 5.74) is 2.39. The summed E-state index contributed by atoms with van der Waals surface area (Å²) in [7, 11) is 0. The summed E-state index contributed by atoms with van der Waals surface area (Å²) < 4.78 is 13.3. The van der Waals surface area contributed by atoms with Crippen LogP contribution in [0.15, 0.2) is 54.6 Å². The number of hydroxylamine groups is 1. The highest BCUT2D eigenvalue weighted by Gasteiger charge is 2.33. The summed E-state index contributed by atoms with van der Waals surface area (Å²) in [5.74, 6) is -0.744. The van der Waals surface area contributed by atoms with Crippen LogP contribution in [0.4, 0.5) is 4.39 Å². The van der Waals surface area contributed by atoms with E-state index in [0.717, 1.165) is 24.0 Å². The van der Waals surface area contributed by atoms with E-state index in [2.05, 4.69) is 6.07 Å². The molecule has 5 heteroatoms. The molecule has 0 aliphatic carbocycles. The third-order valence-corrected chi connectivity index (χ3v) is 4.37. The maximum atomic E-state index is 13.3. The quantitative estimate of drug-likeness (QED) is 0.432. The molecule has 4 nitrogen and oxygen atoms in total. The van der Waals surface area contributed by atoms with Gasteiger partial charge in [0.2, 0.25) is 5.91 Å². The molecule has 1 amide bonds. The molecular weight excluding hydrogens is 319 g/mol. The van der Waals surface area contributed by atoms with Crippen molar-refractivity contribution in [3.05, 3.63) is 71.5 Å². The first kappa shape index (κ1) is 18.6. The number of halogens is 1. The molecule has 25 heavy (non-hydrogen) atoms. The van der Waals surface area contributed by atoms with Crippen LogP contribution in [0.25, 0.3) is 0 Å². The van der Waals surface area contributed by atoms with Crippen molar-refractivity contribution in [3.8, 4) is 6.07 Å². The molecule has 130 valence electrons. The van der Waals surface area contributed by atoms with Gasteiger partial charge in [-0.15, -0.1) is 0 Å². The van der Waals surface area contributed by atoms with E-state index in [4.69, 9.17) is 5.21 Å². The average molecular weight is 340 g/mol. The van der Waals surface area contributed by atoms with Gasteiger partial charge in [-0.2, -0.15) is 5.26 Å².